The van der Waals surface area contributed by atoms with E-state index < -0.39 is 0 Å². The molecular weight excluding hydrogens is 270 g/mol. The van der Waals surface area contributed by atoms with E-state index in [9.17, 15) is 0 Å². The van der Waals surface area contributed by atoms with Crippen LogP contribution in [0.25, 0.3) is 0 Å². The van der Waals surface area contributed by atoms with Crippen LogP contribution in [-0.2, 0) is 6.42 Å². The summed E-state index contributed by atoms with van der Waals surface area (Å²) in [5.74, 6) is 0.952. The first-order chi connectivity index (χ1) is 9.65. The SMILES string of the molecule is CCc1cc(OC2CC(N)C23CCCCC3)ccc1Cl. The first-order valence-corrected chi connectivity index (χ1v) is 8.24. The Hall–Kier alpha value is -0.730. The van der Waals surface area contributed by atoms with Gasteiger partial charge in [0.15, 0.2) is 0 Å². The summed E-state index contributed by atoms with van der Waals surface area (Å²) in [6, 6.07) is 6.35. The summed E-state index contributed by atoms with van der Waals surface area (Å²) in [6.45, 7) is 2.12. The van der Waals surface area contributed by atoms with E-state index in [1.54, 1.807) is 0 Å². The van der Waals surface area contributed by atoms with Gasteiger partial charge >= 0.3 is 0 Å². The molecule has 2 aliphatic carbocycles. The van der Waals surface area contributed by atoms with Gasteiger partial charge in [0.25, 0.3) is 0 Å². The molecule has 0 aromatic heterocycles. The second-order valence-electron chi connectivity index (χ2n) is 6.35. The zero-order valence-corrected chi connectivity index (χ0v) is 13.0. The third kappa shape index (κ3) is 2.33. The molecule has 2 unspecified atom stereocenters. The first kappa shape index (κ1) is 14.2. The van der Waals surface area contributed by atoms with E-state index >= 15 is 0 Å². The zero-order valence-electron chi connectivity index (χ0n) is 12.2. The number of hydrogen-bond acceptors (Lipinski definition) is 2. The Morgan fingerprint density at radius 3 is 2.70 bits per heavy atom. The van der Waals surface area contributed by atoms with E-state index in [1.165, 1.54) is 32.1 Å². The molecule has 2 atom stereocenters. The molecule has 2 nitrogen and oxygen atoms in total. The standard InChI is InChI=1S/C17H24ClNO/c1-2-12-10-13(6-7-14(12)18)20-16-11-15(19)17(16)8-4-3-5-9-17/h6-7,10,15-16H,2-5,8-9,11,19H2,1H3. The lowest BCUT2D eigenvalue weighted by Gasteiger charge is -2.56. The van der Waals surface area contributed by atoms with Gasteiger partial charge in [-0.1, -0.05) is 37.8 Å². The maximum atomic E-state index is 6.31. The summed E-state index contributed by atoms with van der Waals surface area (Å²) in [4.78, 5) is 0. The molecule has 20 heavy (non-hydrogen) atoms. The Labute approximate surface area is 126 Å². The molecular formula is C17H24ClNO. The minimum absolute atomic E-state index is 0.240. The summed E-state index contributed by atoms with van der Waals surface area (Å²) in [7, 11) is 0. The van der Waals surface area contributed by atoms with Gasteiger partial charge < -0.3 is 10.5 Å². The van der Waals surface area contributed by atoms with Gasteiger partial charge in [-0.05, 0) is 43.0 Å². The highest BCUT2D eigenvalue weighted by Gasteiger charge is 2.54. The lowest BCUT2D eigenvalue weighted by Crippen LogP contribution is -2.64. The van der Waals surface area contributed by atoms with Crippen LogP contribution in [0.3, 0.4) is 0 Å². The van der Waals surface area contributed by atoms with Crippen LogP contribution in [0.2, 0.25) is 5.02 Å². The van der Waals surface area contributed by atoms with Crippen molar-refractivity contribution in [1.29, 1.82) is 0 Å². The molecule has 2 N–H and O–H groups in total. The van der Waals surface area contributed by atoms with Gasteiger partial charge in [-0.25, -0.2) is 0 Å². The van der Waals surface area contributed by atoms with E-state index in [1.807, 2.05) is 12.1 Å². The fourth-order valence-corrected chi connectivity index (χ4v) is 4.16. The molecule has 2 fully saturated rings. The Morgan fingerprint density at radius 2 is 2.05 bits per heavy atom. The van der Waals surface area contributed by atoms with Crippen molar-refractivity contribution >= 4 is 11.6 Å². The number of halogens is 1. The number of rotatable bonds is 3. The summed E-state index contributed by atoms with van der Waals surface area (Å²) >= 11 is 6.17. The van der Waals surface area contributed by atoms with Crippen LogP contribution in [0.4, 0.5) is 0 Å². The minimum Gasteiger partial charge on any atom is -0.490 e. The van der Waals surface area contributed by atoms with Crippen molar-refractivity contribution in [2.75, 3.05) is 0 Å². The third-order valence-electron chi connectivity index (χ3n) is 5.31. The van der Waals surface area contributed by atoms with Crippen molar-refractivity contribution in [3.8, 4) is 5.75 Å². The average Bonchev–Trinajstić information content (AvgIpc) is 2.49. The maximum absolute atomic E-state index is 6.31. The Morgan fingerprint density at radius 1 is 1.30 bits per heavy atom. The number of benzene rings is 1. The summed E-state index contributed by atoms with van der Waals surface area (Å²) in [5, 5.41) is 0.831. The fraction of sp³-hybridized carbons (Fsp3) is 0.647. The third-order valence-corrected chi connectivity index (χ3v) is 5.68. The minimum atomic E-state index is 0.240. The normalized spacial score (nSPS) is 28.1. The van der Waals surface area contributed by atoms with Crippen molar-refractivity contribution in [2.45, 2.75) is 64.0 Å². The molecule has 2 saturated carbocycles. The van der Waals surface area contributed by atoms with E-state index in [4.69, 9.17) is 22.1 Å². The highest BCUT2D eigenvalue weighted by atomic mass is 35.5. The lowest BCUT2D eigenvalue weighted by atomic mass is 9.55. The molecule has 110 valence electrons. The molecule has 2 aliphatic rings. The second kappa shape index (κ2) is 5.57. The highest BCUT2D eigenvalue weighted by molar-refractivity contribution is 6.31. The van der Waals surface area contributed by atoms with Crippen LogP contribution in [0, 0.1) is 5.41 Å². The van der Waals surface area contributed by atoms with Crippen LogP contribution < -0.4 is 10.5 Å². The first-order valence-electron chi connectivity index (χ1n) is 7.86. The topological polar surface area (TPSA) is 35.2 Å². The molecule has 1 aromatic carbocycles. The molecule has 1 aromatic rings. The lowest BCUT2D eigenvalue weighted by molar-refractivity contribution is -0.0898. The molecule has 0 radical (unpaired) electrons. The van der Waals surface area contributed by atoms with Crippen molar-refractivity contribution < 1.29 is 4.74 Å². The summed E-state index contributed by atoms with van der Waals surface area (Å²) < 4.78 is 6.27. The summed E-state index contributed by atoms with van der Waals surface area (Å²) in [6.07, 6.45) is 8.63. The molecule has 0 aliphatic heterocycles. The molecule has 3 heteroatoms. The largest absolute Gasteiger partial charge is 0.490 e. The Kier molecular flexibility index (Phi) is 3.96. The second-order valence-corrected chi connectivity index (χ2v) is 6.76. The van der Waals surface area contributed by atoms with Crippen molar-refractivity contribution in [2.24, 2.45) is 11.1 Å². The van der Waals surface area contributed by atoms with Gasteiger partial charge in [0.2, 0.25) is 0 Å². The Balaban J connectivity index is 1.74. The van der Waals surface area contributed by atoms with Crippen LogP contribution in [0.15, 0.2) is 18.2 Å². The number of nitrogens with two attached hydrogens (primary N) is 1. The quantitative estimate of drug-likeness (QED) is 0.900. The Bertz CT molecular complexity index is 482. The van der Waals surface area contributed by atoms with Gasteiger partial charge in [0.05, 0.1) is 0 Å². The van der Waals surface area contributed by atoms with Crippen molar-refractivity contribution in [1.82, 2.24) is 0 Å². The zero-order chi connectivity index (χ0) is 14.2. The van der Waals surface area contributed by atoms with Gasteiger partial charge in [-0.3, -0.25) is 0 Å². The van der Waals surface area contributed by atoms with Crippen LogP contribution in [0.1, 0.15) is 51.0 Å². The van der Waals surface area contributed by atoms with Crippen LogP contribution in [0.5, 0.6) is 5.75 Å². The van der Waals surface area contributed by atoms with Gasteiger partial charge in [0.1, 0.15) is 11.9 Å². The van der Waals surface area contributed by atoms with Crippen molar-refractivity contribution in [3.05, 3.63) is 28.8 Å². The fourth-order valence-electron chi connectivity index (χ4n) is 3.91. The molecule has 0 heterocycles. The molecule has 1 spiro atoms. The van der Waals surface area contributed by atoms with Gasteiger partial charge in [-0.2, -0.15) is 0 Å². The predicted octanol–water partition coefficient (Wildman–Crippen LogP) is 4.33. The van der Waals surface area contributed by atoms with E-state index in [2.05, 4.69) is 13.0 Å². The van der Waals surface area contributed by atoms with Crippen LogP contribution >= 0.6 is 11.6 Å². The maximum Gasteiger partial charge on any atom is 0.120 e. The molecule has 3 rings (SSSR count). The highest BCUT2D eigenvalue weighted by Crippen LogP contribution is 2.52. The summed E-state index contributed by atoms with van der Waals surface area (Å²) in [5.41, 5.74) is 7.71. The number of aryl methyl sites for hydroxylation is 1. The van der Waals surface area contributed by atoms with Gasteiger partial charge in [-0.15, -0.1) is 0 Å². The predicted molar refractivity (Wildman–Crippen MR) is 83.4 cm³/mol. The smallest absolute Gasteiger partial charge is 0.120 e. The monoisotopic (exact) mass is 293 g/mol. The molecule has 0 saturated heterocycles. The van der Waals surface area contributed by atoms with E-state index in [0.717, 1.165) is 29.2 Å². The average molecular weight is 294 g/mol. The van der Waals surface area contributed by atoms with Crippen LogP contribution in [-0.4, -0.2) is 12.1 Å². The molecule has 0 bridgehead atoms. The van der Waals surface area contributed by atoms with Gasteiger partial charge in [0, 0.05) is 22.9 Å². The van der Waals surface area contributed by atoms with Crippen molar-refractivity contribution in [3.63, 3.8) is 0 Å². The number of hydrogen-bond donors (Lipinski definition) is 1. The molecule has 0 amide bonds. The van der Waals surface area contributed by atoms with E-state index in [0.29, 0.717) is 12.1 Å². The van der Waals surface area contributed by atoms with E-state index in [-0.39, 0.29) is 5.41 Å². The number of ether oxygens (including phenoxy) is 1.